The molecular weight excluding hydrogens is 378 g/mol. The van der Waals surface area contributed by atoms with Crippen LogP contribution in [0.3, 0.4) is 0 Å². The van der Waals surface area contributed by atoms with Gasteiger partial charge in [0.1, 0.15) is 11.5 Å². The number of furan rings is 1. The molecule has 0 bridgehead atoms. The van der Waals surface area contributed by atoms with Gasteiger partial charge in [-0.2, -0.15) is 0 Å². The van der Waals surface area contributed by atoms with E-state index in [4.69, 9.17) is 18.9 Å². The van der Waals surface area contributed by atoms with Crippen LogP contribution in [0.4, 0.5) is 0 Å². The van der Waals surface area contributed by atoms with E-state index in [0.29, 0.717) is 12.7 Å². The molecule has 1 aromatic carbocycles. The third kappa shape index (κ3) is 6.02. The molecule has 0 aliphatic carbocycles. The number of nitrogens with zero attached hydrogens (tertiary/aromatic N) is 1. The predicted octanol–water partition coefficient (Wildman–Crippen LogP) is 4.23. The van der Waals surface area contributed by atoms with E-state index in [1.54, 1.807) is 6.26 Å². The zero-order valence-corrected chi connectivity index (χ0v) is 17.6. The van der Waals surface area contributed by atoms with Crippen molar-refractivity contribution in [2.75, 3.05) is 26.3 Å². The van der Waals surface area contributed by atoms with E-state index in [9.17, 15) is 0 Å². The summed E-state index contributed by atoms with van der Waals surface area (Å²) in [6.45, 7) is 3.20. The van der Waals surface area contributed by atoms with Crippen molar-refractivity contribution in [1.82, 2.24) is 10.6 Å². The fourth-order valence-corrected chi connectivity index (χ4v) is 4.11. The Morgan fingerprint density at radius 2 is 2.03 bits per heavy atom. The topological polar surface area (TPSA) is 68.0 Å². The maximum absolute atomic E-state index is 5.85. The third-order valence-corrected chi connectivity index (χ3v) is 5.74. The first-order valence-corrected chi connectivity index (χ1v) is 11.3. The molecule has 2 aliphatic heterocycles. The quantitative estimate of drug-likeness (QED) is 0.387. The molecule has 3 heterocycles. The molecule has 1 aromatic heterocycles. The van der Waals surface area contributed by atoms with Gasteiger partial charge in [0.2, 0.25) is 0 Å². The molecule has 4 rings (SSSR count). The highest BCUT2D eigenvalue weighted by atomic mass is 16.5. The minimum Gasteiger partial charge on any atom is -0.493 e. The van der Waals surface area contributed by atoms with Crippen LogP contribution in [0.15, 0.2) is 52.1 Å². The average molecular weight is 412 g/mol. The maximum Gasteiger partial charge on any atom is 0.191 e. The third-order valence-electron chi connectivity index (χ3n) is 5.74. The Morgan fingerprint density at radius 1 is 1.07 bits per heavy atom. The summed E-state index contributed by atoms with van der Waals surface area (Å²) < 4.78 is 17.1. The van der Waals surface area contributed by atoms with Crippen molar-refractivity contribution >= 4 is 5.96 Å². The molecule has 162 valence electrons. The Balaban J connectivity index is 1.34. The van der Waals surface area contributed by atoms with Gasteiger partial charge in [0.25, 0.3) is 0 Å². The lowest BCUT2D eigenvalue weighted by Gasteiger charge is -2.28. The van der Waals surface area contributed by atoms with Gasteiger partial charge in [0, 0.05) is 38.1 Å². The smallest absolute Gasteiger partial charge is 0.191 e. The molecule has 0 amide bonds. The van der Waals surface area contributed by atoms with Crippen LogP contribution < -0.4 is 15.4 Å². The average Bonchev–Trinajstić information content (AvgIpc) is 3.31. The largest absolute Gasteiger partial charge is 0.493 e. The predicted molar refractivity (Wildman–Crippen MR) is 118 cm³/mol. The standard InChI is InChI=1S/C24H33N3O3/c1-2-11-23-21(10-1)22(13-18-30-23)27-24(26-15-12-20-9-6-17-29-20)25-14-5-8-19-7-3-4-16-28-19/h1-2,6,9-11,17,19,22H,3-5,7-8,12-16,18H2,(H2,25,26,27). The SMILES string of the molecule is c1coc(CCNC(=NCCCC2CCCCO2)NC2CCOc3ccccc32)c1. The summed E-state index contributed by atoms with van der Waals surface area (Å²) in [4.78, 5) is 4.86. The van der Waals surface area contributed by atoms with E-state index in [1.807, 2.05) is 24.3 Å². The first-order valence-electron chi connectivity index (χ1n) is 11.3. The van der Waals surface area contributed by atoms with Crippen molar-refractivity contribution in [2.45, 2.75) is 57.1 Å². The number of hydrogen-bond donors (Lipinski definition) is 2. The summed E-state index contributed by atoms with van der Waals surface area (Å²) in [6, 6.07) is 12.4. The summed E-state index contributed by atoms with van der Waals surface area (Å²) in [5.74, 6) is 2.80. The minimum atomic E-state index is 0.200. The van der Waals surface area contributed by atoms with Gasteiger partial charge in [-0.05, 0) is 50.3 Å². The summed E-state index contributed by atoms with van der Waals surface area (Å²) in [5, 5.41) is 7.11. The van der Waals surface area contributed by atoms with E-state index in [0.717, 1.165) is 62.8 Å². The van der Waals surface area contributed by atoms with Gasteiger partial charge in [-0.15, -0.1) is 0 Å². The van der Waals surface area contributed by atoms with Gasteiger partial charge in [0.15, 0.2) is 5.96 Å². The molecule has 0 saturated carbocycles. The molecule has 6 heteroatoms. The van der Waals surface area contributed by atoms with Crippen molar-refractivity contribution in [3.63, 3.8) is 0 Å². The van der Waals surface area contributed by atoms with Gasteiger partial charge < -0.3 is 24.5 Å². The van der Waals surface area contributed by atoms with Crippen molar-refractivity contribution in [3.05, 3.63) is 54.0 Å². The number of benzene rings is 1. The lowest BCUT2D eigenvalue weighted by molar-refractivity contribution is 0.0105. The molecule has 30 heavy (non-hydrogen) atoms. The first kappa shape index (κ1) is 20.8. The normalized spacial score (nSPS) is 21.5. The molecule has 0 spiro atoms. The highest BCUT2D eigenvalue weighted by Gasteiger charge is 2.22. The number of fused-ring (bicyclic) bond motifs is 1. The van der Waals surface area contributed by atoms with Gasteiger partial charge in [-0.1, -0.05) is 18.2 Å². The second kappa shape index (κ2) is 11.1. The highest BCUT2D eigenvalue weighted by molar-refractivity contribution is 5.80. The number of ether oxygens (including phenoxy) is 2. The lowest BCUT2D eigenvalue weighted by Crippen LogP contribution is -2.42. The van der Waals surface area contributed by atoms with Crippen molar-refractivity contribution in [2.24, 2.45) is 4.99 Å². The molecule has 1 saturated heterocycles. The number of para-hydroxylation sites is 1. The monoisotopic (exact) mass is 411 g/mol. The number of rotatable bonds is 8. The number of nitrogens with one attached hydrogen (secondary N) is 2. The van der Waals surface area contributed by atoms with E-state index in [-0.39, 0.29) is 6.04 Å². The number of aliphatic imine (C=N–C) groups is 1. The van der Waals surface area contributed by atoms with Crippen LogP contribution in [0.2, 0.25) is 0 Å². The summed E-state index contributed by atoms with van der Waals surface area (Å²) in [7, 11) is 0. The van der Waals surface area contributed by atoms with Crippen LogP contribution in [-0.4, -0.2) is 38.4 Å². The van der Waals surface area contributed by atoms with Crippen LogP contribution >= 0.6 is 0 Å². The maximum atomic E-state index is 5.85. The molecule has 2 atom stereocenters. The highest BCUT2D eigenvalue weighted by Crippen LogP contribution is 2.31. The molecule has 2 N–H and O–H groups in total. The molecule has 2 aliphatic rings. The van der Waals surface area contributed by atoms with Gasteiger partial charge in [-0.25, -0.2) is 0 Å². The second-order valence-corrected chi connectivity index (χ2v) is 7.99. The number of hydrogen-bond acceptors (Lipinski definition) is 4. The van der Waals surface area contributed by atoms with Gasteiger partial charge in [0.05, 0.1) is 25.0 Å². The summed E-state index contributed by atoms with van der Waals surface area (Å²) >= 11 is 0. The van der Waals surface area contributed by atoms with E-state index < -0.39 is 0 Å². The van der Waals surface area contributed by atoms with Gasteiger partial charge >= 0.3 is 0 Å². The minimum absolute atomic E-state index is 0.200. The fraction of sp³-hybridized carbons (Fsp3) is 0.542. The van der Waals surface area contributed by atoms with Crippen LogP contribution in [0.1, 0.15) is 55.9 Å². The number of guanidine groups is 1. The zero-order valence-electron chi connectivity index (χ0n) is 17.6. The van der Waals surface area contributed by atoms with Gasteiger partial charge in [-0.3, -0.25) is 4.99 Å². The van der Waals surface area contributed by atoms with E-state index in [1.165, 1.54) is 24.8 Å². The first-order chi connectivity index (χ1) is 14.9. The Bertz CT molecular complexity index is 785. The van der Waals surface area contributed by atoms with Crippen LogP contribution in [-0.2, 0) is 11.2 Å². The van der Waals surface area contributed by atoms with E-state index >= 15 is 0 Å². The summed E-state index contributed by atoms with van der Waals surface area (Å²) in [5.41, 5.74) is 1.19. The molecule has 2 aromatic rings. The second-order valence-electron chi connectivity index (χ2n) is 7.99. The Kier molecular flexibility index (Phi) is 7.67. The summed E-state index contributed by atoms with van der Waals surface area (Å²) in [6.07, 6.45) is 9.69. The molecule has 2 unspecified atom stereocenters. The van der Waals surface area contributed by atoms with Crippen LogP contribution in [0.25, 0.3) is 0 Å². The molecule has 6 nitrogen and oxygen atoms in total. The van der Waals surface area contributed by atoms with Crippen LogP contribution in [0.5, 0.6) is 5.75 Å². The fourth-order valence-electron chi connectivity index (χ4n) is 4.11. The Labute approximate surface area is 179 Å². The van der Waals surface area contributed by atoms with E-state index in [2.05, 4.69) is 22.8 Å². The molecule has 0 radical (unpaired) electrons. The molecule has 1 fully saturated rings. The zero-order chi connectivity index (χ0) is 20.4. The van der Waals surface area contributed by atoms with Crippen molar-refractivity contribution < 1.29 is 13.9 Å². The molecular formula is C24H33N3O3. The van der Waals surface area contributed by atoms with Crippen molar-refractivity contribution in [3.8, 4) is 5.75 Å². The van der Waals surface area contributed by atoms with Crippen molar-refractivity contribution in [1.29, 1.82) is 0 Å². The lowest BCUT2D eigenvalue weighted by atomic mass is 10.0. The van der Waals surface area contributed by atoms with Crippen LogP contribution in [0, 0.1) is 0 Å². The Hall–Kier alpha value is -2.47. The Morgan fingerprint density at radius 3 is 2.90 bits per heavy atom.